The van der Waals surface area contributed by atoms with E-state index in [-0.39, 0.29) is 5.82 Å². The van der Waals surface area contributed by atoms with E-state index < -0.39 is 4.92 Å². The fourth-order valence-corrected chi connectivity index (χ4v) is 1.33. The highest BCUT2D eigenvalue weighted by atomic mass is 16.6. The van der Waals surface area contributed by atoms with E-state index in [9.17, 15) is 10.1 Å². The highest BCUT2D eigenvalue weighted by molar-refractivity contribution is 5.35. The molecule has 1 fully saturated rings. The minimum absolute atomic E-state index is 0.0773. The Kier molecular flexibility index (Phi) is 2.32. The lowest BCUT2D eigenvalue weighted by Crippen LogP contribution is -2.36. The number of imidazole rings is 1. The number of morpholine rings is 1. The Morgan fingerprint density at radius 3 is 2.86 bits per heavy atom. The van der Waals surface area contributed by atoms with Crippen molar-refractivity contribution in [1.82, 2.24) is 9.97 Å². The standard InChI is InChI=1S/C7H10N4O3/c12-11(13)6-5-8-7(9-6)10-1-3-14-4-2-10/h5H,1-4H2,(H,8,9). The summed E-state index contributed by atoms with van der Waals surface area (Å²) >= 11 is 0. The van der Waals surface area contributed by atoms with E-state index in [0.29, 0.717) is 32.3 Å². The van der Waals surface area contributed by atoms with Gasteiger partial charge in [-0.2, -0.15) is 4.98 Å². The van der Waals surface area contributed by atoms with Crippen LogP contribution in [0.2, 0.25) is 0 Å². The van der Waals surface area contributed by atoms with Gasteiger partial charge in [-0.25, -0.2) is 4.98 Å². The Bertz CT molecular complexity index is 331. The third kappa shape index (κ3) is 1.67. The van der Waals surface area contributed by atoms with Crippen molar-refractivity contribution < 1.29 is 9.66 Å². The van der Waals surface area contributed by atoms with Gasteiger partial charge >= 0.3 is 5.82 Å². The first-order valence-electron chi connectivity index (χ1n) is 4.29. The second kappa shape index (κ2) is 3.62. The molecule has 1 aliphatic heterocycles. The molecule has 7 heteroatoms. The van der Waals surface area contributed by atoms with Crippen molar-refractivity contribution in [1.29, 1.82) is 0 Å². The molecule has 1 N–H and O–H groups in total. The minimum atomic E-state index is -0.489. The maximum atomic E-state index is 10.4. The summed E-state index contributed by atoms with van der Waals surface area (Å²) in [5.74, 6) is 0.464. The molecule has 0 saturated carbocycles. The molecule has 14 heavy (non-hydrogen) atoms. The monoisotopic (exact) mass is 198 g/mol. The Hall–Kier alpha value is -1.63. The van der Waals surface area contributed by atoms with Gasteiger partial charge in [-0.3, -0.25) is 0 Å². The van der Waals surface area contributed by atoms with Crippen molar-refractivity contribution in [2.24, 2.45) is 0 Å². The van der Waals surface area contributed by atoms with E-state index in [0.717, 1.165) is 0 Å². The second-order valence-corrected chi connectivity index (χ2v) is 2.95. The molecule has 0 aromatic carbocycles. The number of aromatic nitrogens is 2. The van der Waals surface area contributed by atoms with Crippen LogP contribution in [0.15, 0.2) is 6.20 Å². The molecule has 1 saturated heterocycles. The summed E-state index contributed by atoms with van der Waals surface area (Å²) < 4.78 is 5.16. The van der Waals surface area contributed by atoms with E-state index >= 15 is 0 Å². The van der Waals surface area contributed by atoms with Crippen LogP contribution in [0.3, 0.4) is 0 Å². The van der Waals surface area contributed by atoms with Crippen LogP contribution in [-0.2, 0) is 4.74 Å². The van der Waals surface area contributed by atoms with Crippen LogP contribution in [0.4, 0.5) is 11.8 Å². The van der Waals surface area contributed by atoms with E-state index in [1.165, 1.54) is 6.20 Å². The lowest BCUT2D eigenvalue weighted by Gasteiger charge is -2.24. The van der Waals surface area contributed by atoms with Crippen LogP contribution in [0, 0.1) is 10.1 Å². The highest BCUT2D eigenvalue weighted by Crippen LogP contribution is 2.15. The fourth-order valence-electron chi connectivity index (χ4n) is 1.33. The van der Waals surface area contributed by atoms with Crippen LogP contribution in [0.5, 0.6) is 0 Å². The van der Waals surface area contributed by atoms with Gasteiger partial charge in [-0.1, -0.05) is 0 Å². The number of ether oxygens (including phenoxy) is 1. The molecule has 0 unspecified atom stereocenters. The Morgan fingerprint density at radius 1 is 1.57 bits per heavy atom. The van der Waals surface area contributed by atoms with E-state index in [1.54, 1.807) is 0 Å². The van der Waals surface area contributed by atoms with E-state index in [4.69, 9.17) is 4.74 Å². The van der Waals surface area contributed by atoms with Crippen LogP contribution in [0.1, 0.15) is 0 Å². The van der Waals surface area contributed by atoms with E-state index in [2.05, 4.69) is 9.97 Å². The lowest BCUT2D eigenvalue weighted by molar-refractivity contribution is -0.389. The summed E-state index contributed by atoms with van der Waals surface area (Å²) in [6, 6.07) is 0. The summed E-state index contributed by atoms with van der Waals surface area (Å²) in [5, 5.41) is 10.4. The molecule has 0 spiro atoms. The number of aromatic amines is 1. The summed E-state index contributed by atoms with van der Waals surface area (Å²) in [5.41, 5.74) is 0. The van der Waals surface area contributed by atoms with Gasteiger partial charge in [0.2, 0.25) is 0 Å². The van der Waals surface area contributed by atoms with Gasteiger partial charge in [0.05, 0.1) is 13.2 Å². The van der Waals surface area contributed by atoms with Crippen molar-refractivity contribution in [3.05, 3.63) is 16.3 Å². The molecule has 2 rings (SSSR count). The summed E-state index contributed by atoms with van der Waals surface area (Å²) in [4.78, 5) is 18.4. The smallest absolute Gasteiger partial charge is 0.342 e. The van der Waals surface area contributed by atoms with Gasteiger partial charge in [-0.05, 0) is 4.92 Å². The van der Waals surface area contributed by atoms with Crippen molar-refractivity contribution in [2.45, 2.75) is 0 Å². The zero-order valence-corrected chi connectivity index (χ0v) is 7.47. The number of nitrogens with zero attached hydrogens (tertiary/aromatic N) is 3. The number of rotatable bonds is 2. The zero-order chi connectivity index (χ0) is 9.97. The van der Waals surface area contributed by atoms with Gasteiger partial charge < -0.3 is 19.8 Å². The number of nitrogens with one attached hydrogen (secondary N) is 1. The molecule has 0 aliphatic carbocycles. The van der Waals surface area contributed by atoms with Gasteiger partial charge in [0.15, 0.2) is 0 Å². The third-order valence-corrected chi connectivity index (χ3v) is 2.06. The average molecular weight is 198 g/mol. The third-order valence-electron chi connectivity index (χ3n) is 2.06. The van der Waals surface area contributed by atoms with Crippen LogP contribution >= 0.6 is 0 Å². The predicted molar refractivity (Wildman–Crippen MR) is 48.3 cm³/mol. The molecule has 0 atom stereocenters. The highest BCUT2D eigenvalue weighted by Gasteiger charge is 2.18. The maximum absolute atomic E-state index is 10.4. The first kappa shape index (κ1) is 8.95. The molecule has 1 aliphatic rings. The quantitative estimate of drug-likeness (QED) is 0.540. The number of anilines is 1. The SMILES string of the molecule is O=[N+]([O-])c1cnc(N2CCOCC2)[nH]1. The molecule has 7 nitrogen and oxygen atoms in total. The first-order chi connectivity index (χ1) is 6.77. The number of hydrogen-bond acceptors (Lipinski definition) is 5. The summed E-state index contributed by atoms with van der Waals surface area (Å²) in [7, 11) is 0. The lowest BCUT2D eigenvalue weighted by atomic mass is 10.4. The van der Waals surface area contributed by atoms with Crippen molar-refractivity contribution in [3.8, 4) is 0 Å². The van der Waals surface area contributed by atoms with Crippen molar-refractivity contribution in [3.63, 3.8) is 0 Å². The largest absolute Gasteiger partial charge is 0.378 e. The van der Waals surface area contributed by atoms with E-state index in [1.807, 2.05) is 4.90 Å². The predicted octanol–water partition coefficient (Wildman–Crippen LogP) is 0.154. The molecule has 1 aromatic rings. The topological polar surface area (TPSA) is 84.3 Å². The van der Waals surface area contributed by atoms with Crippen molar-refractivity contribution >= 4 is 11.8 Å². The second-order valence-electron chi connectivity index (χ2n) is 2.95. The molecular formula is C7H10N4O3. The molecule has 0 radical (unpaired) electrons. The summed E-state index contributed by atoms with van der Waals surface area (Å²) in [6.45, 7) is 2.69. The Morgan fingerprint density at radius 2 is 2.29 bits per heavy atom. The maximum Gasteiger partial charge on any atom is 0.342 e. The van der Waals surface area contributed by atoms with Gasteiger partial charge in [0, 0.05) is 13.1 Å². The van der Waals surface area contributed by atoms with Crippen LogP contribution < -0.4 is 4.90 Å². The van der Waals surface area contributed by atoms with Gasteiger partial charge in [0.1, 0.15) is 6.20 Å². The molecule has 76 valence electrons. The average Bonchev–Trinajstić information content (AvgIpc) is 2.68. The fraction of sp³-hybridized carbons (Fsp3) is 0.571. The minimum Gasteiger partial charge on any atom is -0.378 e. The number of nitro groups is 1. The zero-order valence-electron chi connectivity index (χ0n) is 7.47. The molecule has 1 aromatic heterocycles. The summed E-state index contributed by atoms with van der Waals surface area (Å²) in [6.07, 6.45) is 1.23. The molecule has 0 bridgehead atoms. The molecule has 2 heterocycles. The number of hydrogen-bond donors (Lipinski definition) is 1. The Balaban J connectivity index is 2.11. The molecule has 0 amide bonds. The Labute approximate surface area is 79.8 Å². The molecular weight excluding hydrogens is 188 g/mol. The number of H-pyrrole nitrogens is 1. The first-order valence-corrected chi connectivity index (χ1v) is 4.29. The van der Waals surface area contributed by atoms with Gasteiger partial charge in [-0.15, -0.1) is 0 Å². The van der Waals surface area contributed by atoms with Crippen LogP contribution in [0.25, 0.3) is 0 Å². The van der Waals surface area contributed by atoms with Crippen molar-refractivity contribution in [2.75, 3.05) is 31.2 Å². The normalized spacial score (nSPS) is 17.0. The van der Waals surface area contributed by atoms with Gasteiger partial charge in [0.25, 0.3) is 5.95 Å². The van der Waals surface area contributed by atoms with Crippen LogP contribution in [-0.4, -0.2) is 41.2 Å².